The summed E-state index contributed by atoms with van der Waals surface area (Å²) in [6, 6.07) is 6.02. The molecular formula is C24H33FN4O4. The van der Waals surface area contributed by atoms with Crippen LogP contribution in [0.25, 0.3) is 5.69 Å². The maximum absolute atomic E-state index is 13.5. The van der Waals surface area contributed by atoms with Crippen molar-refractivity contribution >= 4 is 12.0 Å². The van der Waals surface area contributed by atoms with Gasteiger partial charge >= 0.3 is 6.09 Å². The van der Waals surface area contributed by atoms with Crippen molar-refractivity contribution in [3.63, 3.8) is 0 Å². The van der Waals surface area contributed by atoms with Gasteiger partial charge in [-0.15, -0.1) is 0 Å². The summed E-state index contributed by atoms with van der Waals surface area (Å²) in [5, 5.41) is 7.39. The van der Waals surface area contributed by atoms with Crippen molar-refractivity contribution in [1.29, 1.82) is 0 Å². The summed E-state index contributed by atoms with van der Waals surface area (Å²) in [6.07, 6.45) is 3.26. The van der Waals surface area contributed by atoms with Crippen LogP contribution in [0, 0.1) is 5.82 Å². The smallest absolute Gasteiger partial charge is 0.410 e. The minimum atomic E-state index is -0.552. The van der Waals surface area contributed by atoms with Crippen LogP contribution in [0.3, 0.4) is 0 Å². The van der Waals surface area contributed by atoms with Crippen molar-refractivity contribution in [2.24, 2.45) is 0 Å². The quantitative estimate of drug-likeness (QED) is 0.634. The third-order valence-electron chi connectivity index (χ3n) is 5.47. The van der Waals surface area contributed by atoms with Gasteiger partial charge in [0.05, 0.1) is 23.1 Å². The zero-order valence-electron chi connectivity index (χ0n) is 19.8. The molecule has 1 aromatic carbocycles. The van der Waals surface area contributed by atoms with Gasteiger partial charge in [0.25, 0.3) is 5.91 Å². The number of nitrogens with zero attached hydrogens (tertiary/aromatic N) is 3. The van der Waals surface area contributed by atoms with E-state index in [-0.39, 0.29) is 23.7 Å². The predicted molar refractivity (Wildman–Crippen MR) is 122 cm³/mol. The maximum Gasteiger partial charge on any atom is 0.410 e. The van der Waals surface area contributed by atoms with Gasteiger partial charge in [-0.2, -0.15) is 5.10 Å². The minimum Gasteiger partial charge on any atom is -0.444 e. The monoisotopic (exact) mass is 460 g/mol. The first-order valence-corrected chi connectivity index (χ1v) is 11.3. The average Bonchev–Trinajstić information content (AvgIpc) is 3.21. The molecule has 0 radical (unpaired) electrons. The number of piperidine rings is 1. The van der Waals surface area contributed by atoms with Gasteiger partial charge in [0.1, 0.15) is 11.4 Å². The first-order chi connectivity index (χ1) is 15.7. The molecule has 0 saturated carbocycles. The molecule has 2 aromatic rings. The lowest BCUT2D eigenvalue weighted by atomic mass is 9.91. The number of methoxy groups -OCH3 is 1. The second-order valence-corrected chi connectivity index (χ2v) is 9.18. The highest BCUT2D eigenvalue weighted by Crippen LogP contribution is 2.32. The van der Waals surface area contributed by atoms with Gasteiger partial charge in [-0.3, -0.25) is 4.79 Å². The van der Waals surface area contributed by atoms with Crippen LogP contribution in [-0.2, 0) is 9.47 Å². The Morgan fingerprint density at radius 3 is 2.45 bits per heavy atom. The number of benzene rings is 1. The molecule has 33 heavy (non-hydrogen) atoms. The number of carbonyl (C=O) groups is 2. The van der Waals surface area contributed by atoms with Crippen molar-refractivity contribution < 1.29 is 23.5 Å². The fourth-order valence-electron chi connectivity index (χ4n) is 3.89. The van der Waals surface area contributed by atoms with Crippen LogP contribution in [0.1, 0.15) is 62.0 Å². The van der Waals surface area contributed by atoms with Crippen LogP contribution in [0.4, 0.5) is 9.18 Å². The number of ether oxygens (including phenoxy) is 2. The molecule has 0 spiro atoms. The molecule has 180 valence electrons. The number of hydrogen-bond donors (Lipinski definition) is 1. The van der Waals surface area contributed by atoms with E-state index >= 15 is 0 Å². The van der Waals surface area contributed by atoms with E-state index in [9.17, 15) is 14.0 Å². The molecule has 2 amide bonds. The molecule has 9 heteroatoms. The topological polar surface area (TPSA) is 85.7 Å². The van der Waals surface area contributed by atoms with Crippen LogP contribution in [0.2, 0.25) is 0 Å². The summed E-state index contributed by atoms with van der Waals surface area (Å²) in [6.45, 7) is 7.62. The van der Waals surface area contributed by atoms with Gasteiger partial charge in [-0.05, 0) is 64.3 Å². The number of nitrogens with one attached hydrogen (secondary N) is 1. The third kappa shape index (κ3) is 6.54. The Morgan fingerprint density at radius 2 is 1.85 bits per heavy atom. The lowest BCUT2D eigenvalue weighted by molar-refractivity contribution is 0.0203. The SMILES string of the molecule is COCCCNC(=O)c1cnn(-c2ccc(F)cc2)c1C1CCN(C(=O)OC(C)(C)C)CC1. The molecule has 8 nitrogen and oxygen atoms in total. The summed E-state index contributed by atoms with van der Waals surface area (Å²) in [5.41, 5.74) is 1.39. The maximum atomic E-state index is 13.5. The summed E-state index contributed by atoms with van der Waals surface area (Å²) in [5.74, 6) is -0.533. The second kappa shape index (κ2) is 10.8. The van der Waals surface area contributed by atoms with Crippen molar-refractivity contribution in [3.8, 4) is 5.69 Å². The molecule has 1 N–H and O–H groups in total. The summed E-state index contributed by atoms with van der Waals surface area (Å²) in [7, 11) is 1.62. The Kier molecular flexibility index (Phi) is 8.07. The van der Waals surface area contributed by atoms with E-state index in [4.69, 9.17) is 9.47 Å². The molecule has 0 bridgehead atoms. The molecule has 1 saturated heterocycles. The molecule has 0 aliphatic carbocycles. The van der Waals surface area contributed by atoms with Crippen LogP contribution >= 0.6 is 0 Å². The van der Waals surface area contributed by atoms with E-state index in [1.807, 2.05) is 20.8 Å². The number of carbonyl (C=O) groups excluding carboxylic acids is 2. The standard InChI is InChI=1S/C24H33FN4O4/c1-24(2,3)33-23(31)28-13-10-17(11-14-28)21-20(22(30)26-12-5-15-32-4)16-27-29(21)19-8-6-18(25)7-9-19/h6-9,16-17H,5,10-15H2,1-4H3,(H,26,30). The highest BCUT2D eigenvalue weighted by Gasteiger charge is 2.32. The van der Waals surface area contributed by atoms with Gasteiger partial charge in [-0.25, -0.2) is 13.9 Å². The normalized spacial score (nSPS) is 14.9. The minimum absolute atomic E-state index is 0.0102. The number of halogens is 1. The Bertz CT molecular complexity index is 944. The van der Waals surface area contributed by atoms with Gasteiger partial charge in [0.15, 0.2) is 0 Å². The number of aromatic nitrogens is 2. The van der Waals surface area contributed by atoms with Crippen molar-refractivity contribution in [1.82, 2.24) is 20.0 Å². The highest BCUT2D eigenvalue weighted by atomic mass is 19.1. The largest absolute Gasteiger partial charge is 0.444 e. The molecule has 2 heterocycles. The van der Waals surface area contributed by atoms with Gasteiger partial charge in [0, 0.05) is 39.3 Å². The fraction of sp³-hybridized carbons (Fsp3) is 0.542. The van der Waals surface area contributed by atoms with E-state index in [2.05, 4.69) is 10.4 Å². The zero-order chi connectivity index (χ0) is 24.0. The van der Waals surface area contributed by atoms with Gasteiger partial charge in [-0.1, -0.05) is 0 Å². The van der Waals surface area contributed by atoms with Gasteiger partial charge in [0.2, 0.25) is 0 Å². The molecule has 1 aromatic heterocycles. The van der Waals surface area contributed by atoms with Gasteiger partial charge < -0.3 is 19.7 Å². The Morgan fingerprint density at radius 1 is 1.18 bits per heavy atom. The molecule has 1 fully saturated rings. The first-order valence-electron chi connectivity index (χ1n) is 11.3. The van der Waals surface area contributed by atoms with E-state index in [1.165, 1.54) is 12.1 Å². The van der Waals surface area contributed by atoms with E-state index in [1.54, 1.807) is 35.0 Å². The second-order valence-electron chi connectivity index (χ2n) is 9.18. The van der Waals surface area contributed by atoms with E-state index in [0.717, 1.165) is 5.69 Å². The Hall–Kier alpha value is -2.94. The molecule has 0 unspecified atom stereocenters. The summed E-state index contributed by atoms with van der Waals surface area (Å²) < 4.78 is 25.7. The number of amides is 2. The van der Waals surface area contributed by atoms with E-state index in [0.29, 0.717) is 56.8 Å². The van der Waals surface area contributed by atoms with Crippen molar-refractivity contribution in [2.45, 2.75) is 51.6 Å². The van der Waals surface area contributed by atoms with Crippen LogP contribution < -0.4 is 5.32 Å². The highest BCUT2D eigenvalue weighted by molar-refractivity contribution is 5.95. The molecule has 3 rings (SSSR count). The number of rotatable bonds is 7. The third-order valence-corrected chi connectivity index (χ3v) is 5.47. The Balaban J connectivity index is 1.81. The predicted octanol–water partition coefficient (Wildman–Crippen LogP) is 3.89. The Labute approximate surface area is 194 Å². The van der Waals surface area contributed by atoms with Crippen LogP contribution in [0.15, 0.2) is 30.5 Å². The molecular weight excluding hydrogens is 427 g/mol. The lowest BCUT2D eigenvalue weighted by Crippen LogP contribution is -2.41. The molecule has 1 aliphatic rings. The molecule has 0 atom stereocenters. The van der Waals surface area contributed by atoms with Crippen molar-refractivity contribution in [2.75, 3.05) is 33.4 Å². The summed E-state index contributed by atoms with van der Waals surface area (Å²) in [4.78, 5) is 27.1. The zero-order valence-corrected chi connectivity index (χ0v) is 19.8. The van der Waals surface area contributed by atoms with Crippen LogP contribution in [-0.4, -0.2) is 65.6 Å². The van der Waals surface area contributed by atoms with Crippen LogP contribution in [0.5, 0.6) is 0 Å². The first kappa shape index (κ1) is 24.7. The fourth-order valence-corrected chi connectivity index (χ4v) is 3.89. The lowest BCUT2D eigenvalue weighted by Gasteiger charge is -2.34. The van der Waals surface area contributed by atoms with E-state index < -0.39 is 5.60 Å². The number of hydrogen-bond acceptors (Lipinski definition) is 5. The average molecular weight is 461 g/mol. The number of likely N-dealkylation sites (tertiary alicyclic amines) is 1. The van der Waals surface area contributed by atoms with Crippen molar-refractivity contribution in [3.05, 3.63) is 47.5 Å². The molecule has 1 aliphatic heterocycles. The summed E-state index contributed by atoms with van der Waals surface area (Å²) >= 11 is 0.